The molecule has 33 heavy (non-hydrogen) atoms. The summed E-state index contributed by atoms with van der Waals surface area (Å²) in [6.07, 6.45) is 24.1. The van der Waals surface area contributed by atoms with Crippen molar-refractivity contribution in [3.63, 3.8) is 0 Å². The SMILES string of the molecule is CCCCCCCCOc1ccc(-c2ncc(CC[C@H]3CC[C@H](CCCC)CC3)cn2)cc1. The van der Waals surface area contributed by atoms with Crippen LogP contribution in [0.3, 0.4) is 0 Å². The second-order valence-corrected chi connectivity index (χ2v) is 10.1. The van der Waals surface area contributed by atoms with Gasteiger partial charge in [-0.25, -0.2) is 9.97 Å². The molecule has 0 atom stereocenters. The Bertz CT molecular complexity index is 748. The molecule has 3 heteroatoms. The van der Waals surface area contributed by atoms with Crippen LogP contribution in [0, 0.1) is 11.8 Å². The van der Waals surface area contributed by atoms with Crippen molar-refractivity contribution in [2.75, 3.05) is 6.61 Å². The first-order chi connectivity index (χ1) is 16.3. The summed E-state index contributed by atoms with van der Waals surface area (Å²) in [6, 6.07) is 8.23. The molecule has 1 aliphatic rings. The minimum atomic E-state index is 0.803. The highest BCUT2D eigenvalue weighted by atomic mass is 16.5. The fourth-order valence-electron chi connectivity index (χ4n) is 5.08. The van der Waals surface area contributed by atoms with E-state index in [1.54, 1.807) is 0 Å². The van der Waals surface area contributed by atoms with E-state index in [1.165, 1.54) is 89.0 Å². The van der Waals surface area contributed by atoms with E-state index in [4.69, 9.17) is 4.74 Å². The maximum Gasteiger partial charge on any atom is 0.159 e. The van der Waals surface area contributed by atoms with E-state index in [0.29, 0.717) is 0 Å². The minimum absolute atomic E-state index is 0.803. The van der Waals surface area contributed by atoms with Crippen molar-refractivity contribution in [2.45, 2.75) is 110 Å². The first-order valence-corrected chi connectivity index (χ1v) is 13.8. The van der Waals surface area contributed by atoms with E-state index in [0.717, 1.165) is 48.4 Å². The maximum absolute atomic E-state index is 5.90. The number of hydrogen-bond donors (Lipinski definition) is 0. The molecule has 1 aliphatic carbocycles. The molecular formula is C30H46N2O. The summed E-state index contributed by atoms with van der Waals surface area (Å²) in [6.45, 7) is 5.37. The minimum Gasteiger partial charge on any atom is -0.494 e. The quantitative estimate of drug-likeness (QED) is 0.254. The Hall–Kier alpha value is -1.90. The lowest BCUT2D eigenvalue weighted by Crippen LogP contribution is -2.15. The molecular weight excluding hydrogens is 404 g/mol. The van der Waals surface area contributed by atoms with Crippen LogP contribution in [-0.4, -0.2) is 16.6 Å². The van der Waals surface area contributed by atoms with Crippen molar-refractivity contribution < 1.29 is 4.74 Å². The largest absolute Gasteiger partial charge is 0.494 e. The fourth-order valence-corrected chi connectivity index (χ4v) is 5.08. The summed E-state index contributed by atoms with van der Waals surface area (Å²) >= 11 is 0. The Morgan fingerprint density at radius 3 is 2.00 bits per heavy atom. The van der Waals surface area contributed by atoms with E-state index in [-0.39, 0.29) is 0 Å². The first kappa shape index (κ1) is 25.7. The average Bonchev–Trinajstić information content (AvgIpc) is 2.87. The second-order valence-electron chi connectivity index (χ2n) is 10.1. The van der Waals surface area contributed by atoms with E-state index in [2.05, 4.69) is 35.9 Å². The van der Waals surface area contributed by atoms with Crippen LogP contribution in [0.2, 0.25) is 0 Å². The van der Waals surface area contributed by atoms with Crippen molar-refractivity contribution >= 4 is 0 Å². The lowest BCUT2D eigenvalue weighted by atomic mass is 9.78. The molecule has 0 unspecified atom stereocenters. The van der Waals surface area contributed by atoms with Gasteiger partial charge in [0.05, 0.1) is 6.61 Å². The van der Waals surface area contributed by atoms with Crippen LogP contribution in [-0.2, 0) is 6.42 Å². The summed E-state index contributed by atoms with van der Waals surface area (Å²) in [4.78, 5) is 9.29. The molecule has 0 N–H and O–H groups in total. The van der Waals surface area contributed by atoms with Crippen molar-refractivity contribution in [3.05, 3.63) is 42.2 Å². The number of ether oxygens (including phenoxy) is 1. The summed E-state index contributed by atoms with van der Waals surface area (Å²) < 4.78 is 5.90. The van der Waals surface area contributed by atoms with Gasteiger partial charge in [-0.3, -0.25) is 0 Å². The van der Waals surface area contributed by atoms with E-state index < -0.39 is 0 Å². The molecule has 1 saturated carbocycles. The van der Waals surface area contributed by atoms with Gasteiger partial charge < -0.3 is 4.74 Å². The van der Waals surface area contributed by atoms with Gasteiger partial charge in [0.25, 0.3) is 0 Å². The van der Waals surface area contributed by atoms with Gasteiger partial charge in [0.1, 0.15) is 5.75 Å². The lowest BCUT2D eigenvalue weighted by Gasteiger charge is -2.28. The van der Waals surface area contributed by atoms with E-state index >= 15 is 0 Å². The summed E-state index contributed by atoms with van der Waals surface area (Å²) in [7, 11) is 0. The van der Waals surface area contributed by atoms with Crippen LogP contribution in [0.25, 0.3) is 11.4 Å². The molecule has 182 valence electrons. The Labute approximate surface area is 202 Å². The van der Waals surface area contributed by atoms with Crippen LogP contribution in [0.5, 0.6) is 5.75 Å². The van der Waals surface area contributed by atoms with Crippen LogP contribution in [0.15, 0.2) is 36.7 Å². The molecule has 1 fully saturated rings. The summed E-state index contributed by atoms with van der Waals surface area (Å²) in [5.74, 6) is 3.63. The zero-order chi connectivity index (χ0) is 23.1. The van der Waals surface area contributed by atoms with Gasteiger partial charge in [-0.15, -0.1) is 0 Å². The van der Waals surface area contributed by atoms with Crippen molar-refractivity contribution in [1.29, 1.82) is 0 Å². The second kappa shape index (κ2) is 15.1. The molecule has 3 nitrogen and oxygen atoms in total. The van der Waals surface area contributed by atoms with Crippen LogP contribution in [0.4, 0.5) is 0 Å². The van der Waals surface area contributed by atoms with Gasteiger partial charge in [-0.2, -0.15) is 0 Å². The number of benzene rings is 1. The van der Waals surface area contributed by atoms with Gasteiger partial charge >= 0.3 is 0 Å². The van der Waals surface area contributed by atoms with Gasteiger partial charge in [0.15, 0.2) is 5.82 Å². The topological polar surface area (TPSA) is 35.0 Å². The highest BCUT2D eigenvalue weighted by molar-refractivity contribution is 5.55. The van der Waals surface area contributed by atoms with Crippen molar-refractivity contribution in [3.8, 4) is 17.1 Å². The predicted molar refractivity (Wildman–Crippen MR) is 140 cm³/mol. The predicted octanol–water partition coefficient (Wildman–Crippen LogP) is 8.81. The van der Waals surface area contributed by atoms with Crippen molar-refractivity contribution in [2.24, 2.45) is 11.8 Å². The zero-order valence-corrected chi connectivity index (χ0v) is 21.2. The Kier molecular flexibility index (Phi) is 11.8. The smallest absolute Gasteiger partial charge is 0.159 e. The molecule has 1 heterocycles. The number of nitrogens with zero attached hydrogens (tertiary/aromatic N) is 2. The molecule has 3 rings (SSSR count). The number of unbranched alkanes of at least 4 members (excludes halogenated alkanes) is 6. The maximum atomic E-state index is 5.90. The van der Waals surface area contributed by atoms with Crippen LogP contribution < -0.4 is 4.74 Å². The van der Waals surface area contributed by atoms with Gasteiger partial charge in [0.2, 0.25) is 0 Å². The van der Waals surface area contributed by atoms with E-state index in [9.17, 15) is 0 Å². The van der Waals surface area contributed by atoms with Gasteiger partial charge in [0, 0.05) is 18.0 Å². The fraction of sp³-hybridized carbons (Fsp3) is 0.667. The zero-order valence-electron chi connectivity index (χ0n) is 21.2. The third-order valence-corrected chi connectivity index (χ3v) is 7.36. The number of aromatic nitrogens is 2. The van der Waals surface area contributed by atoms with Gasteiger partial charge in [-0.05, 0) is 60.9 Å². The summed E-state index contributed by atoms with van der Waals surface area (Å²) in [5, 5.41) is 0. The molecule has 1 aromatic heterocycles. The standard InChI is InChI=1S/C30H46N2O/c1-3-5-7-8-9-10-22-33-29-20-18-28(19-21-29)30-31-23-27(24-32-30)17-16-26-14-12-25(13-15-26)11-6-4-2/h18-21,23-26H,3-17,22H2,1-2H3/t25-,26-. The Balaban J connectivity index is 1.35. The number of aryl methyl sites for hydroxylation is 1. The average molecular weight is 451 g/mol. The summed E-state index contributed by atoms with van der Waals surface area (Å²) in [5.41, 5.74) is 2.32. The molecule has 0 saturated heterocycles. The molecule has 1 aromatic carbocycles. The van der Waals surface area contributed by atoms with Gasteiger partial charge in [-0.1, -0.05) is 90.9 Å². The van der Waals surface area contributed by atoms with Crippen LogP contribution in [0.1, 0.15) is 109 Å². The normalized spacial score (nSPS) is 18.4. The van der Waals surface area contributed by atoms with E-state index in [1.807, 2.05) is 24.5 Å². The molecule has 2 aromatic rings. The molecule has 0 bridgehead atoms. The molecule has 0 aliphatic heterocycles. The third kappa shape index (κ3) is 9.47. The highest BCUT2D eigenvalue weighted by Gasteiger charge is 2.20. The molecule has 0 radical (unpaired) electrons. The lowest BCUT2D eigenvalue weighted by molar-refractivity contribution is 0.250. The van der Waals surface area contributed by atoms with Crippen LogP contribution >= 0.6 is 0 Å². The third-order valence-electron chi connectivity index (χ3n) is 7.36. The van der Waals surface area contributed by atoms with Crippen molar-refractivity contribution in [1.82, 2.24) is 9.97 Å². The molecule has 0 amide bonds. The Morgan fingerprint density at radius 2 is 1.33 bits per heavy atom. The Morgan fingerprint density at radius 1 is 0.727 bits per heavy atom. The first-order valence-electron chi connectivity index (χ1n) is 13.8. The monoisotopic (exact) mass is 450 g/mol. The highest BCUT2D eigenvalue weighted by Crippen LogP contribution is 2.34. The molecule has 0 spiro atoms. The number of hydrogen-bond acceptors (Lipinski definition) is 3. The number of rotatable bonds is 15.